The van der Waals surface area contributed by atoms with Crippen molar-refractivity contribution in [1.82, 2.24) is 59.3 Å². The number of unbranched alkanes of at least 4 members (excludes halogenated alkanes) is 4. The number of para-hydroxylation sites is 1. The van der Waals surface area contributed by atoms with Gasteiger partial charge in [-0.05, 0) is 114 Å². The number of nitrogens with one attached hydrogen (secondary N) is 1. The number of amides is 2. The highest BCUT2D eigenvalue weighted by atomic mass is 32.7. The van der Waals surface area contributed by atoms with Gasteiger partial charge in [-0.2, -0.15) is 0 Å². The van der Waals surface area contributed by atoms with Crippen LogP contribution in [0.3, 0.4) is 0 Å². The lowest BCUT2D eigenvalue weighted by Crippen LogP contribution is -2.36. The number of ether oxygens (including phenoxy) is 4. The lowest BCUT2D eigenvalue weighted by atomic mass is 9.95. The van der Waals surface area contributed by atoms with E-state index in [9.17, 15) is 34.4 Å². The summed E-state index contributed by atoms with van der Waals surface area (Å²) < 4.78 is 74.2. The molecule has 4 aliphatic rings. The van der Waals surface area contributed by atoms with Crippen molar-refractivity contribution < 1.29 is 80.5 Å². The Morgan fingerprint density at radius 2 is 1.39 bits per heavy atom. The lowest BCUT2D eigenvalue weighted by molar-refractivity contribution is -0.122. The molecule has 9 aromatic rings. The minimum atomic E-state index is -4.55. The molecule has 3 fully saturated rings. The van der Waals surface area contributed by atoms with Crippen molar-refractivity contribution >= 4 is 112 Å². The van der Waals surface area contributed by atoms with E-state index in [-0.39, 0.29) is 82.4 Å². The first kappa shape index (κ1) is 72.7. The summed E-state index contributed by atoms with van der Waals surface area (Å²) in [7, 11) is 0. The minimum absolute atomic E-state index is 0.0426. The Bertz CT molecular complexity index is 4670. The molecule has 38 heteroatoms. The Kier molecular flexibility index (Phi) is 22.6. The Balaban J connectivity index is 0.639. The number of hydrogen-bond donors (Lipinski definition) is 7. The molecular formula is C64H72N15O17P3S3. The highest BCUT2D eigenvalue weighted by Crippen LogP contribution is 2.65. The second-order valence-electron chi connectivity index (χ2n) is 24.4. The summed E-state index contributed by atoms with van der Waals surface area (Å²) in [6, 6.07) is 28.3. The third-order valence-electron chi connectivity index (χ3n) is 17.3. The van der Waals surface area contributed by atoms with E-state index in [0.29, 0.717) is 67.3 Å². The Hall–Kier alpha value is -7.63. The number of imidazole rings is 2. The third kappa shape index (κ3) is 16.8. The zero-order chi connectivity index (χ0) is 71.3. The molecular weight excluding hydrogens is 1440 g/mol. The van der Waals surface area contributed by atoms with E-state index in [1.807, 2.05) is 48.5 Å². The van der Waals surface area contributed by atoms with Crippen molar-refractivity contribution in [3.63, 3.8) is 0 Å². The van der Waals surface area contributed by atoms with Crippen molar-refractivity contribution in [2.45, 2.75) is 119 Å². The molecule has 0 saturated carbocycles. The van der Waals surface area contributed by atoms with Gasteiger partial charge in [-0.3, -0.25) is 32.3 Å². The van der Waals surface area contributed by atoms with Crippen LogP contribution in [0.2, 0.25) is 0 Å². The van der Waals surface area contributed by atoms with Gasteiger partial charge in [0.2, 0.25) is 11.8 Å². The maximum Gasteiger partial charge on any atom is 0.390 e. The fraction of sp³-hybridized carbons (Fsp3) is 0.391. The molecule has 2 bridgehead atoms. The summed E-state index contributed by atoms with van der Waals surface area (Å²) in [4.78, 5) is 88.6. The number of carbonyl (C=O) groups is 3. The van der Waals surface area contributed by atoms with Crippen molar-refractivity contribution in [3.05, 3.63) is 139 Å². The van der Waals surface area contributed by atoms with Gasteiger partial charge < -0.3 is 69.7 Å². The van der Waals surface area contributed by atoms with E-state index in [2.05, 4.69) is 45.5 Å². The molecule has 9 N–H and O–H groups in total. The van der Waals surface area contributed by atoms with Gasteiger partial charge in [-0.1, -0.05) is 72.7 Å². The maximum atomic E-state index is 15.5. The number of nitrogens with two attached hydrogens (primary N) is 2. The Morgan fingerprint density at radius 1 is 0.735 bits per heavy atom. The van der Waals surface area contributed by atoms with Crippen LogP contribution in [0.1, 0.15) is 85.3 Å². The molecule has 32 nitrogen and oxygen atoms in total. The van der Waals surface area contributed by atoms with Crippen molar-refractivity contribution in [2.75, 3.05) is 56.0 Å². The number of anilines is 3. The third-order valence-corrected chi connectivity index (χ3v) is 23.5. The zero-order valence-corrected chi connectivity index (χ0v) is 59.8. The average molecular weight is 1510 g/mol. The molecule has 9 heterocycles. The summed E-state index contributed by atoms with van der Waals surface area (Å²) >= 11 is 11.1. The smallest absolute Gasteiger partial charge is 0.390 e. The van der Waals surface area contributed by atoms with Crippen molar-refractivity contribution in [2.24, 2.45) is 0 Å². The predicted octanol–water partition coefficient (Wildman–Crippen LogP) is 7.68. The van der Waals surface area contributed by atoms with Gasteiger partial charge in [0.1, 0.15) is 84.1 Å². The molecule has 13 rings (SSSR count). The van der Waals surface area contributed by atoms with Crippen LogP contribution in [0.5, 0.6) is 11.5 Å². The van der Waals surface area contributed by atoms with Crippen LogP contribution in [-0.4, -0.2) is 168 Å². The number of carbonyl (C=O) groups excluding carboxylic acids is 3. The van der Waals surface area contributed by atoms with E-state index in [1.165, 1.54) is 41.1 Å². The standard InChI is InChI=1S/C64H72N15O17P3S3/c1-97(85,100)89-28-11-3-2-10-26-67-48(80)16-8-9-17-49(81)76-30-40-12-4-5-13-43(40)50-53(44-14-6-7-15-45(44)76)79(75-74-50)27-29-88-41-24-20-39(21-25-41)64(84)92-42-22-18-38(19-23-42)33-102-99(87)91-32-47-56(55(83)62(94-47)77-36-72-51-58(65)68-34-70-60(51)77)95-98(86,101)90-31-46-54(82)57(96-99)63(93-46)78-37-73-52-59(66)69-35-71-61(52)78/h4-7,12-15,18-25,34-37,46-47,54-57,62-63,82-83H,2-3,8-11,16-17,26-33H2,1H3,(H,67,80)(H,85,100)(H,86,101)(H2,65,68,70)(H2,66,69,71)/t46-,47-,54-,55-,56-,57-,62-,63-,97?,98?,99-/m1/s1. The zero-order valence-electron chi connectivity index (χ0n) is 54.7. The number of nitrogens with zero attached hydrogens (tertiary/aromatic N) is 12. The quantitative estimate of drug-likeness (QED) is 0.0132. The van der Waals surface area contributed by atoms with E-state index in [4.69, 9.17) is 76.6 Å². The van der Waals surface area contributed by atoms with Gasteiger partial charge in [0.25, 0.3) is 0 Å². The van der Waals surface area contributed by atoms with Gasteiger partial charge in [0.05, 0.1) is 62.5 Å². The number of nitrogen functional groups attached to an aromatic ring is 2. The average Bonchev–Trinajstić information content (AvgIpc) is 1.47. The van der Waals surface area contributed by atoms with Crippen molar-refractivity contribution in [1.29, 1.82) is 0 Å². The molecule has 0 radical (unpaired) electrons. The molecule has 0 spiro atoms. The first-order valence-electron chi connectivity index (χ1n) is 32.6. The van der Waals surface area contributed by atoms with Crippen LogP contribution in [-0.2, 0) is 88.7 Å². The number of hydrogen-bond acceptors (Lipinski definition) is 28. The topological polar surface area (TPSA) is 417 Å². The molecule has 11 atom stereocenters. The van der Waals surface area contributed by atoms with Gasteiger partial charge >= 0.3 is 19.5 Å². The van der Waals surface area contributed by atoms with Crippen LogP contribution in [0, 0.1) is 0 Å². The molecule has 2 amide bonds. The summed E-state index contributed by atoms with van der Waals surface area (Å²) in [5, 5.41) is 36.0. The van der Waals surface area contributed by atoms with Gasteiger partial charge in [0, 0.05) is 42.9 Å². The lowest BCUT2D eigenvalue weighted by Gasteiger charge is -2.29. The molecule has 102 heavy (non-hydrogen) atoms. The first-order chi connectivity index (χ1) is 49.2. The van der Waals surface area contributed by atoms with E-state index >= 15 is 4.57 Å². The molecule has 3 saturated heterocycles. The highest BCUT2D eigenvalue weighted by molar-refractivity contribution is 8.54. The number of rotatable bonds is 24. The maximum absolute atomic E-state index is 15.5. The van der Waals surface area contributed by atoms with Crippen molar-refractivity contribution in [3.8, 4) is 34.0 Å². The molecule has 5 aromatic heterocycles. The first-order valence-corrected chi connectivity index (χ1v) is 41.4. The van der Waals surface area contributed by atoms with E-state index in [1.54, 1.807) is 58.1 Å². The number of aromatic nitrogens is 11. The van der Waals surface area contributed by atoms with Gasteiger partial charge in [-0.25, -0.2) is 43.9 Å². The highest BCUT2D eigenvalue weighted by Gasteiger charge is 2.54. The number of aliphatic hydroxyl groups is 2. The van der Waals surface area contributed by atoms with Crippen LogP contribution in [0.4, 0.5) is 17.3 Å². The normalized spacial score (nSPS) is 24.0. The number of benzene rings is 4. The fourth-order valence-corrected chi connectivity index (χ4v) is 17.7. The monoisotopic (exact) mass is 1510 g/mol. The second kappa shape index (κ2) is 31.8. The van der Waals surface area contributed by atoms with Crippen LogP contribution in [0.15, 0.2) is 122 Å². The molecule has 538 valence electrons. The number of esters is 1. The van der Waals surface area contributed by atoms with Gasteiger partial charge in [-0.15, -0.1) is 5.10 Å². The van der Waals surface area contributed by atoms with Crippen LogP contribution in [0.25, 0.3) is 44.8 Å². The van der Waals surface area contributed by atoms with Crippen LogP contribution < -0.4 is 31.2 Å². The fourth-order valence-electron chi connectivity index (χ4n) is 12.2. The summed E-state index contributed by atoms with van der Waals surface area (Å²) in [6.45, 7) is -9.43. The molecule has 2 unspecified atom stereocenters. The van der Waals surface area contributed by atoms with E-state index in [0.717, 1.165) is 53.8 Å². The SMILES string of the molecule is CP(O)(=S)OCCCCCCNC(=O)CCCCC(=O)N1Cc2ccccc2-c2nnn(CCOc3ccc(C(=O)Oc4ccc(CS[P@]5(=O)OC[C@H]6O[C@@H](n7cnc8c(N)ncnc87)[C@H](O)[C@@H]6OP(O)(=S)OC[C@H]6O[C@@H](n7cnc8c(N)ncnc87)[C@H](O5)[C@@H]6O)cc4)cc3)c2-c2ccccc21. The summed E-state index contributed by atoms with van der Waals surface area (Å²) in [5.41, 5.74) is 18.4. The number of fused-ring (bicyclic) bond motifs is 10. The molecule has 4 aromatic carbocycles. The Labute approximate surface area is 597 Å². The van der Waals surface area contributed by atoms with Crippen LogP contribution >= 0.6 is 31.4 Å². The summed E-state index contributed by atoms with van der Waals surface area (Å²) in [6.07, 6.45) is -1.27. The predicted molar refractivity (Wildman–Crippen MR) is 380 cm³/mol. The largest absolute Gasteiger partial charge is 0.492 e. The van der Waals surface area contributed by atoms with E-state index < -0.39 is 88.3 Å². The summed E-state index contributed by atoms with van der Waals surface area (Å²) in [5.74, 6) is -0.0595. The molecule has 0 aliphatic carbocycles. The molecule has 4 aliphatic heterocycles. The minimum Gasteiger partial charge on any atom is -0.492 e. The number of aliphatic hydroxyl groups excluding tert-OH is 2. The Morgan fingerprint density at radius 3 is 2.13 bits per heavy atom. The van der Waals surface area contributed by atoms with Gasteiger partial charge in [0.15, 0.2) is 41.9 Å². The second-order valence-corrected chi connectivity index (χ2v) is 35.1.